The molecule has 33 heavy (non-hydrogen) atoms. The smallest absolute Gasteiger partial charge is 0.328 e. The zero-order valence-electron chi connectivity index (χ0n) is 17.6. The first-order chi connectivity index (χ1) is 16.0. The van der Waals surface area contributed by atoms with Gasteiger partial charge in [0, 0.05) is 19.3 Å². The molecule has 4 aromatic rings. The van der Waals surface area contributed by atoms with Crippen LogP contribution < -0.4 is 5.69 Å². The lowest BCUT2D eigenvalue weighted by Gasteiger charge is -2.34. The number of hydrogen-bond donors (Lipinski definition) is 2. The molecule has 1 aliphatic carbocycles. The van der Waals surface area contributed by atoms with E-state index in [-0.39, 0.29) is 17.6 Å². The van der Waals surface area contributed by atoms with Crippen LogP contribution in [0.15, 0.2) is 35.5 Å². The number of nitrogens with zero attached hydrogens (tertiary/aromatic N) is 7. The molecule has 1 saturated heterocycles. The fraction of sp³-hybridized carbons (Fsp3) is 0.364. The SMILES string of the molecule is N#Cc1ccn2ncc(-c3ncc4[nH]c(=O)n([C@H]5CCCN(C(=O)C6(O)CC6)C5)c4n3)c2c1. The van der Waals surface area contributed by atoms with E-state index in [1.807, 2.05) is 0 Å². The number of fused-ring (bicyclic) bond motifs is 2. The van der Waals surface area contributed by atoms with Crippen molar-refractivity contribution in [3.05, 3.63) is 46.8 Å². The van der Waals surface area contributed by atoms with Crippen molar-refractivity contribution in [3.63, 3.8) is 0 Å². The van der Waals surface area contributed by atoms with E-state index >= 15 is 0 Å². The van der Waals surface area contributed by atoms with E-state index in [1.165, 1.54) is 0 Å². The number of nitrogens with one attached hydrogen (secondary N) is 1. The summed E-state index contributed by atoms with van der Waals surface area (Å²) in [6.45, 7) is 0.911. The van der Waals surface area contributed by atoms with Gasteiger partial charge in [0.15, 0.2) is 11.5 Å². The topological polar surface area (TPSA) is 145 Å². The van der Waals surface area contributed by atoms with Gasteiger partial charge in [0.25, 0.3) is 5.91 Å². The van der Waals surface area contributed by atoms with Crippen LogP contribution in [0, 0.1) is 11.3 Å². The Morgan fingerprint density at radius 1 is 1.33 bits per heavy atom. The Morgan fingerprint density at radius 2 is 2.18 bits per heavy atom. The minimum absolute atomic E-state index is 0.255. The van der Waals surface area contributed by atoms with Crippen LogP contribution >= 0.6 is 0 Å². The van der Waals surface area contributed by atoms with E-state index in [4.69, 9.17) is 0 Å². The maximum Gasteiger partial charge on any atom is 0.328 e. The Bertz CT molecular complexity index is 1520. The molecule has 5 heterocycles. The summed E-state index contributed by atoms with van der Waals surface area (Å²) < 4.78 is 3.23. The summed E-state index contributed by atoms with van der Waals surface area (Å²) in [5.74, 6) is 0.131. The molecule has 1 atom stereocenters. The molecule has 11 nitrogen and oxygen atoms in total. The van der Waals surface area contributed by atoms with Gasteiger partial charge in [-0.2, -0.15) is 10.4 Å². The highest BCUT2D eigenvalue weighted by Crippen LogP contribution is 2.38. The van der Waals surface area contributed by atoms with Crippen molar-refractivity contribution in [2.75, 3.05) is 13.1 Å². The zero-order chi connectivity index (χ0) is 22.7. The highest BCUT2D eigenvalue weighted by molar-refractivity contribution is 5.88. The van der Waals surface area contributed by atoms with Crippen molar-refractivity contribution in [2.24, 2.45) is 0 Å². The summed E-state index contributed by atoms with van der Waals surface area (Å²) in [4.78, 5) is 39.1. The van der Waals surface area contributed by atoms with Crippen molar-refractivity contribution in [2.45, 2.75) is 37.3 Å². The number of hydrogen-bond acceptors (Lipinski definition) is 7. The van der Waals surface area contributed by atoms with Crippen LogP contribution in [0.4, 0.5) is 0 Å². The van der Waals surface area contributed by atoms with Gasteiger partial charge in [-0.15, -0.1) is 0 Å². The molecular formula is C22H20N8O3. The van der Waals surface area contributed by atoms with E-state index in [0.29, 0.717) is 59.6 Å². The van der Waals surface area contributed by atoms with Crippen LogP contribution in [-0.2, 0) is 4.79 Å². The number of nitriles is 1. The van der Waals surface area contributed by atoms with Crippen LogP contribution in [0.1, 0.15) is 37.3 Å². The largest absolute Gasteiger partial charge is 0.380 e. The lowest BCUT2D eigenvalue weighted by molar-refractivity contribution is -0.144. The molecular weight excluding hydrogens is 424 g/mol. The molecule has 0 aromatic carbocycles. The third-order valence-electron chi connectivity index (χ3n) is 6.52. The normalized spacial score (nSPS) is 19.6. The average Bonchev–Trinajstić information content (AvgIpc) is 3.31. The minimum Gasteiger partial charge on any atom is -0.380 e. The molecule has 1 saturated carbocycles. The number of aromatic nitrogens is 6. The second-order valence-electron chi connectivity index (χ2n) is 8.73. The van der Waals surface area contributed by atoms with Gasteiger partial charge in [0.2, 0.25) is 0 Å². The predicted molar refractivity (Wildman–Crippen MR) is 116 cm³/mol. The monoisotopic (exact) mass is 444 g/mol. The third kappa shape index (κ3) is 3.10. The molecule has 0 spiro atoms. The van der Waals surface area contributed by atoms with Gasteiger partial charge >= 0.3 is 5.69 Å². The Hall–Kier alpha value is -4.04. The first-order valence-corrected chi connectivity index (χ1v) is 10.8. The lowest BCUT2D eigenvalue weighted by Crippen LogP contribution is -2.47. The zero-order valence-corrected chi connectivity index (χ0v) is 17.6. The summed E-state index contributed by atoms with van der Waals surface area (Å²) in [5.41, 5.74) is 1.23. The Labute approximate surface area is 186 Å². The van der Waals surface area contributed by atoms with E-state index in [0.717, 1.165) is 12.8 Å². The second-order valence-corrected chi connectivity index (χ2v) is 8.73. The predicted octanol–water partition coefficient (Wildman–Crippen LogP) is 0.994. The molecule has 11 heteroatoms. The summed E-state index contributed by atoms with van der Waals surface area (Å²) >= 11 is 0. The third-order valence-corrected chi connectivity index (χ3v) is 6.52. The second kappa shape index (κ2) is 6.98. The van der Waals surface area contributed by atoms with E-state index < -0.39 is 5.60 Å². The molecule has 2 fully saturated rings. The Morgan fingerprint density at radius 3 is 2.97 bits per heavy atom. The van der Waals surface area contributed by atoms with Crippen LogP contribution in [0.25, 0.3) is 28.1 Å². The number of amides is 1. The van der Waals surface area contributed by atoms with E-state index in [1.54, 1.807) is 44.7 Å². The molecule has 4 aromatic heterocycles. The maximum atomic E-state index is 12.9. The van der Waals surface area contributed by atoms with Crippen LogP contribution in [0.2, 0.25) is 0 Å². The van der Waals surface area contributed by atoms with Crippen LogP contribution in [0.3, 0.4) is 0 Å². The lowest BCUT2D eigenvalue weighted by atomic mass is 10.0. The van der Waals surface area contributed by atoms with Crippen LogP contribution in [-0.4, -0.2) is 63.7 Å². The minimum atomic E-state index is -1.23. The van der Waals surface area contributed by atoms with Gasteiger partial charge in [0.1, 0.15) is 11.1 Å². The molecule has 0 unspecified atom stereocenters. The van der Waals surface area contributed by atoms with Gasteiger partial charge in [-0.25, -0.2) is 19.3 Å². The highest BCUT2D eigenvalue weighted by atomic mass is 16.3. The molecule has 1 amide bonds. The first-order valence-electron chi connectivity index (χ1n) is 10.8. The number of carbonyl (C=O) groups is 1. The van der Waals surface area contributed by atoms with Gasteiger partial charge in [-0.1, -0.05) is 0 Å². The van der Waals surface area contributed by atoms with Crippen molar-refractivity contribution in [3.8, 4) is 17.5 Å². The van der Waals surface area contributed by atoms with Gasteiger partial charge in [-0.3, -0.25) is 9.36 Å². The van der Waals surface area contributed by atoms with Crippen LogP contribution in [0.5, 0.6) is 0 Å². The summed E-state index contributed by atoms with van der Waals surface area (Å²) in [6.07, 6.45) is 7.32. The summed E-state index contributed by atoms with van der Waals surface area (Å²) in [7, 11) is 0. The van der Waals surface area contributed by atoms with Crippen molar-refractivity contribution >= 4 is 22.6 Å². The van der Waals surface area contributed by atoms with E-state index in [2.05, 4.69) is 26.1 Å². The van der Waals surface area contributed by atoms with Crippen molar-refractivity contribution < 1.29 is 9.90 Å². The van der Waals surface area contributed by atoms with E-state index in [9.17, 15) is 20.0 Å². The Balaban J connectivity index is 1.41. The first kappa shape index (κ1) is 19.6. The highest BCUT2D eigenvalue weighted by Gasteiger charge is 2.50. The fourth-order valence-corrected chi connectivity index (χ4v) is 4.58. The Kier molecular flexibility index (Phi) is 4.15. The number of pyridine rings is 1. The number of H-pyrrole nitrogens is 1. The molecule has 0 radical (unpaired) electrons. The molecule has 166 valence electrons. The number of imidazole rings is 1. The number of likely N-dealkylation sites (tertiary alicyclic amines) is 1. The number of aromatic amines is 1. The average molecular weight is 444 g/mol. The molecule has 2 aliphatic rings. The molecule has 1 aliphatic heterocycles. The number of rotatable bonds is 3. The standard InChI is InChI=1S/C22H20N8O3/c23-9-13-3-7-29-17(8-13)15(10-25-29)18-24-11-16-19(27-18)30(21(32)26-16)14-2-1-6-28(12-14)20(31)22(33)4-5-22/h3,7-8,10-11,14,33H,1-2,4-6,12H2,(H,26,32)/t14-/m0/s1. The molecule has 2 N–H and O–H groups in total. The van der Waals surface area contributed by atoms with Crippen molar-refractivity contribution in [1.29, 1.82) is 5.26 Å². The maximum absolute atomic E-state index is 12.9. The van der Waals surface area contributed by atoms with Gasteiger partial charge in [-0.05, 0) is 37.8 Å². The van der Waals surface area contributed by atoms with Gasteiger partial charge in [0.05, 0.1) is 41.1 Å². The number of piperidine rings is 1. The quantitative estimate of drug-likeness (QED) is 0.479. The summed E-state index contributed by atoms with van der Waals surface area (Å²) in [6, 6.07) is 5.25. The fourth-order valence-electron chi connectivity index (χ4n) is 4.58. The molecule has 6 rings (SSSR count). The number of carbonyl (C=O) groups excluding carboxylic acids is 1. The van der Waals surface area contributed by atoms with Gasteiger partial charge < -0.3 is 15.0 Å². The summed E-state index contributed by atoms with van der Waals surface area (Å²) in [5, 5.41) is 23.8. The number of aliphatic hydroxyl groups is 1. The molecule has 0 bridgehead atoms. The van der Waals surface area contributed by atoms with Crippen molar-refractivity contribution in [1.82, 2.24) is 34.0 Å².